The van der Waals surface area contributed by atoms with Crippen molar-refractivity contribution in [1.29, 1.82) is 0 Å². The summed E-state index contributed by atoms with van der Waals surface area (Å²) in [6.45, 7) is 12.0. The van der Waals surface area contributed by atoms with E-state index in [1.54, 1.807) is 6.92 Å². The van der Waals surface area contributed by atoms with Crippen molar-refractivity contribution in [2.24, 2.45) is 5.92 Å². The van der Waals surface area contributed by atoms with Gasteiger partial charge in [0.25, 0.3) is 0 Å². The van der Waals surface area contributed by atoms with Crippen molar-refractivity contribution in [3.8, 4) is 0 Å². The second-order valence-electron chi connectivity index (χ2n) is 11.0. The Morgan fingerprint density at radius 1 is 1.30 bits per heavy atom. The highest BCUT2D eigenvalue weighted by atomic mass is 35.5. The molecule has 0 radical (unpaired) electrons. The average molecular weight is 509 g/mol. The molecule has 2 heterocycles. The third kappa shape index (κ3) is 7.22. The molecular formula is C23H41ClO8Si. The first kappa shape index (κ1) is 28.7. The van der Waals surface area contributed by atoms with Gasteiger partial charge in [-0.15, -0.1) is 11.6 Å². The van der Waals surface area contributed by atoms with Gasteiger partial charge in [-0.1, -0.05) is 27.7 Å². The van der Waals surface area contributed by atoms with E-state index in [1.807, 2.05) is 0 Å². The molecule has 0 aromatic heterocycles. The fraction of sp³-hybridized carbons (Fsp3) is 0.913. The zero-order chi connectivity index (χ0) is 25.2. The first-order chi connectivity index (χ1) is 15.1. The predicted molar refractivity (Wildman–Crippen MR) is 127 cm³/mol. The maximum Gasteiger partial charge on any atom is 0.308 e. The molecular weight excluding hydrogens is 468 g/mol. The van der Waals surface area contributed by atoms with Crippen LogP contribution in [0.4, 0.5) is 0 Å². The molecule has 0 bridgehead atoms. The molecule has 2 aliphatic heterocycles. The summed E-state index contributed by atoms with van der Waals surface area (Å²) in [6, 6.07) is 0. The number of carbonyl (C=O) groups is 2. The van der Waals surface area contributed by atoms with Crippen LogP contribution >= 0.6 is 11.6 Å². The number of hydrogen-bond donors (Lipinski definition) is 2. The second-order valence-corrected chi connectivity index (χ2v) is 16.2. The third-order valence-corrected chi connectivity index (χ3v) is 12.4. The van der Waals surface area contributed by atoms with Gasteiger partial charge >= 0.3 is 5.97 Å². The molecule has 0 spiro atoms. The molecule has 7 atom stereocenters. The Morgan fingerprint density at radius 2 is 1.94 bits per heavy atom. The normalized spacial score (nSPS) is 34.2. The standard InChI is InChI=1S/C23H41ClO8Si/c1-14(8-9-23(28)12-18(29-5)21(24)19(13-25)31-23)15(26)10-16-17(11-20(27)30-16)32-33(6,7)22(2,3)4/h14,16-19,21,25,28H,8-13H2,1-7H3/t14-,16-,17-,18+,19+,21-,23-/m0/s1. The van der Waals surface area contributed by atoms with Crippen molar-refractivity contribution in [3.05, 3.63) is 0 Å². The van der Waals surface area contributed by atoms with Gasteiger partial charge in [-0.25, -0.2) is 0 Å². The monoisotopic (exact) mass is 508 g/mol. The number of ketones is 1. The van der Waals surface area contributed by atoms with Crippen LogP contribution in [0.3, 0.4) is 0 Å². The topological polar surface area (TPSA) is 112 Å². The zero-order valence-corrected chi connectivity index (χ0v) is 22.7. The summed E-state index contributed by atoms with van der Waals surface area (Å²) < 4.78 is 22.8. The Balaban J connectivity index is 1.96. The number of cyclic esters (lactones) is 1. The maximum absolute atomic E-state index is 12.9. The minimum Gasteiger partial charge on any atom is -0.459 e. The van der Waals surface area contributed by atoms with Gasteiger partial charge in [-0.3, -0.25) is 9.59 Å². The van der Waals surface area contributed by atoms with Gasteiger partial charge in [0.2, 0.25) is 0 Å². The van der Waals surface area contributed by atoms with Crippen molar-refractivity contribution in [2.75, 3.05) is 13.7 Å². The van der Waals surface area contributed by atoms with Gasteiger partial charge < -0.3 is 28.8 Å². The lowest BCUT2D eigenvalue weighted by atomic mass is 9.89. The number of aliphatic hydroxyl groups excluding tert-OH is 1. The summed E-state index contributed by atoms with van der Waals surface area (Å²) in [5, 5.41) is 19.8. The highest BCUT2D eigenvalue weighted by Crippen LogP contribution is 2.40. The summed E-state index contributed by atoms with van der Waals surface area (Å²) in [4.78, 5) is 24.9. The quantitative estimate of drug-likeness (QED) is 0.263. The van der Waals surface area contributed by atoms with E-state index in [1.165, 1.54) is 7.11 Å². The number of halogens is 1. The molecule has 2 aliphatic rings. The van der Waals surface area contributed by atoms with Crippen molar-refractivity contribution in [1.82, 2.24) is 0 Å². The van der Waals surface area contributed by atoms with E-state index in [-0.39, 0.29) is 55.0 Å². The number of hydrogen-bond acceptors (Lipinski definition) is 8. The van der Waals surface area contributed by atoms with Crippen LogP contribution < -0.4 is 0 Å². The lowest BCUT2D eigenvalue weighted by molar-refractivity contribution is -0.281. The summed E-state index contributed by atoms with van der Waals surface area (Å²) in [5.74, 6) is -2.32. The number of ether oxygens (including phenoxy) is 3. The van der Waals surface area contributed by atoms with Gasteiger partial charge in [-0.05, 0) is 24.6 Å². The van der Waals surface area contributed by atoms with Crippen molar-refractivity contribution < 1.29 is 38.4 Å². The lowest BCUT2D eigenvalue weighted by Gasteiger charge is -2.43. The minimum absolute atomic E-state index is 0.0234. The Morgan fingerprint density at radius 3 is 2.48 bits per heavy atom. The molecule has 2 N–H and O–H groups in total. The molecule has 0 aromatic carbocycles. The number of Topliss-reactive ketones (excluding diaryl/α,β-unsaturated/α-hetero) is 1. The van der Waals surface area contributed by atoms with Gasteiger partial charge in [0.1, 0.15) is 18.0 Å². The van der Waals surface area contributed by atoms with E-state index in [0.717, 1.165) is 0 Å². The number of alkyl halides is 1. The van der Waals surface area contributed by atoms with Crippen molar-refractivity contribution >= 4 is 31.7 Å². The van der Waals surface area contributed by atoms with Crippen molar-refractivity contribution in [2.45, 2.75) is 114 Å². The van der Waals surface area contributed by atoms with Crippen LogP contribution in [-0.4, -0.2) is 79.6 Å². The minimum atomic E-state index is -2.13. The Bertz CT molecular complexity index is 680. The summed E-state index contributed by atoms with van der Waals surface area (Å²) in [6.07, 6.45) is -1.30. The molecule has 0 saturated carbocycles. The number of rotatable bonds is 10. The van der Waals surface area contributed by atoms with Crippen LogP contribution in [0.25, 0.3) is 0 Å². The van der Waals surface area contributed by atoms with Crippen LogP contribution in [0, 0.1) is 5.92 Å². The second kappa shape index (κ2) is 11.0. The van der Waals surface area contributed by atoms with Crippen molar-refractivity contribution in [3.63, 3.8) is 0 Å². The van der Waals surface area contributed by atoms with E-state index < -0.39 is 43.9 Å². The van der Waals surface area contributed by atoms with E-state index in [0.29, 0.717) is 6.42 Å². The number of methoxy groups -OCH3 is 1. The Hall–Kier alpha value is -0.553. The molecule has 0 amide bonds. The number of carbonyl (C=O) groups excluding carboxylic acids is 2. The van der Waals surface area contributed by atoms with Gasteiger partial charge in [0.05, 0.1) is 30.6 Å². The van der Waals surface area contributed by atoms with Gasteiger partial charge in [0.15, 0.2) is 14.1 Å². The van der Waals surface area contributed by atoms with Crippen LogP contribution in [0.2, 0.25) is 18.1 Å². The fourth-order valence-corrected chi connectivity index (χ4v) is 5.68. The van der Waals surface area contributed by atoms with E-state index in [4.69, 9.17) is 30.2 Å². The summed E-state index contributed by atoms with van der Waals surface area (Å²) >= 11 is 6.26. The zero-order valence-electron chi connectivity index (χ0n) is 20.9. The third-order valence-electron chi connectivity index (χ3n) is 7.32. The Kier molecular flexibility index (Phi) is 9.57. The molecule has 0 aromatic rings. The highest BCUT2D eigenvalue weighted by Gasteiger charge is 2.47. The lowest BCUT2D eigenvalue weighted by Crippen LogP contribution is -2.54. The first-order valence-electron chi connectivity index (χ1n) is 11.7. The van der Waals surface area contributed by atoms with E-state index >= 15 is 0 Å². The molecule has 0 unspecified atom stereocenters. The molecule has 2 saturated heterocycles. The molecule has 2 rings (SSSR count). The average Bonchev–Trinajstić information content (AvgIpc) is 3.04. The highest BCUT2D eigenvalue weighted by molar-refractivity contribution is 6.74. The first-order valence-corrected chi connectivity index (χ1v) is 15.0. The fourth-order valence-electron chi connectivity index (χ4n) is 4.01. The molecule has 10 heteroatoms. The number of esters is 1. The molecule has 2 fully saturated rings. The van der Waals surface area contributed by atoms with E-state index in [9.17, 15) is 19.8 Å². The van der Waals surface area contributed by atoms with Gasteiger partial charge in [0, 0.05) is 32.3 Å². The number of aliphatic hydroxyl groups is 2. The van der Waals surface area contributed by atoms with E-state index in [2.05, 4.69) is 33.9 Å². The SMILES string of the molecule is CO[C@@H]1C[C@](O)(CC[C@H](C)C(=O)C[C@@H]2OC(=O)C[C@@H]2O[Si](C)(C)C(C)(C)C)O[C@H](CO)[C@H]1Cl. The molecule has 8 nitrogen and oxygen atoms in total. The van der Waals surface area contributed by atoms with Crippen LogP contribution in [-0.2, 0) is 28.2 Å². The van der Waals surface area contributed by atoms with Crippen LogP contribution in [0.1, 0.15) is 59.8 Å². The maximum atomic E-state index is 12.9. The summed E-state index contributed by atoms with van der Waals surface area (Å²) in [7, 11) is -0.632. The smallest absolute Gasteiger partial charge is 0.308 e. The van der Waals surface area contributed by atoms with Crippen LogP contribution in [0.5, 0.6) is 0 Å². The largest absolute Gasteiger partial charge is 0.459 e. The molecule has 0 aliphatic carbocycles. The van der Waals surface area contributed by atoms with Crippen LogP contribution in [0.15, 0.2) is 0 Å². The molecule has 192 valence electrons. The van der Waals surface area contributed by atoms with Gasteiger partial charge in [-0.2, -0.15) is 0 Å². The predicted octanol–water partition coefficient (Wildman–Crippen LogP) is 3.16. The summed E-state index contributed by atoms with van der Waals surface area (Å²) in [5.41, 5.74) is 0. The molecule has 33 heavy (non-hydrogen) atoms. The Labute approximate surface area is 203 Å².